The van der Waals surface area contributed by atoms with E-state index in [2.05, 4.69) is 24.1 Å². The Hall–Kier alpha value is -1.32. The maximum atomic E-state index is 12.4. The summed E-state index contributed by atoms with van der Waals surface area (Å²) < 4.78 is 5.42. The van der Waals surface area contributed by atoms with Crippen LogP contribution < -0.4 is 5.32 Å². The highest BCUT2D eigenvalue weighted by molar-refractivity contribution is 5.92. The first-order chi connectivity index (χ1) is 9.49. The van der Waals surface area contributed by atoms with Crippen LogP contribution in [-0.4, -0.2) is 16.9 Å². The number of nitrogens with zero attached hydrogens (tertiary/aromatic N) is 1. The van der Waals surface area contributed by atoms with Crippen LogP contribution in [0.5, 0.6) is 0 Å². The van der Waals surface area contributed by atoms with E-state index in [0.717, 1.165) is 0 Å². The van der Waals surface area contributed by atoms with Crippen LogP contribution in [0, 0.1) is 25.7 Å². The van der Waals surface area contributed by atoms with Gasteiger partial charge in [0, 0.05) is 13.0 Å². The van der Waals surface area contributed by atoms with Crippen LogP contribution in [0.2, 0.25) is 0 Å². The molecule has 1 unspecified atom stereocenters. The molecule has 1 amide bonds. The molecule has 0 aromatic carbocycles. The number of aryl methyl sites for hydroxylation is 2. The van der Waals surface area contributed by atoms with E-state index >= 15 is 0 Å². The molecule has 1 atom stereocenters. The Morgan fingerprint density at radius 3 is 2.40 bits per heavy atom. The molecule has 1 saturated carbocycles. The summed E-state index contributed by atoms with van der Waals surface area (Å²) in [5.74, 6) is 1.83. The van der Waals surface area contributed by atoms with Crippen LogP contribution in [0.25, 0.3) is 0 Å². The molecule has 0 saturated heterocycles. The molecule has 0 spiro atoms. The summed E-state index contributed by atoms with van der Waals surface area (Å²) in [5, 5.41) is 3.18. The number of hydrogen-bond donors (Lipinski definition) is 1. The first-order valence-corrected chi connectivity index (χ1v) is 7.74. The minimum absolute atomic E-state index is 0.118. The third kappa shape index (κ3) is 3.41. The Labute approximate surface area is 121 Å². The standard InChI is InChI=1S/C16H26N2O2/c1-10(2)14(13-8-6-5-7-9-13)18-16(19)15-11(3)17-12(4)20-15/h10,13-14H,5-9H2,1-4H3,(H,18,19). The van der Waals surface area contributed by atoms with Crippen molar-refractivity contribution < 1.29 is 9.21 Å². The van der Waals surface area contributed by atoms with Gasteiger partial charge >= 0.3 is 0 Å². The third-order valence-electron chi connectivity index (χ3n) is 4.28. The molecule has 2 rings (SSSR count). The van der Waals surface area contributed by atoms with Gasteiger partial charge in [-0.05, 0) is 31.6 Å². The lowest BCUT2D eigenvalue weighted by Gasteiger charge is -2.33. The highest BCUT2D eigenvalue weighted by Gasteiger charge is 2.29. The Bertz CT molecular complexity index is 459. The molecular weight excluding hydrogens is 252 g/mol. The SMILES string of the molecule is Cc1nc(C)c(C(=O)NC(C(C)C)C2CCCCC2)o1. The topological polar surface area (TPSA) is 55.1 Å². The quantitative estimate of drug-likeness (QED) is 0.915. The first-order valence-electron chi connectivity index (χ1n) is 7.74. The second-order valence-corrected chi connectivity index (χ2v) is 6.29. The molecule has 112 valence electrons. The molecular formula is C16H26N2O2. The molecule has 1 aromatic heterocycles. The molecule has 0 bridgehead atoms. The molecule has 0 aliphatic heterocycles. The Kier molecular flexibility index (Phi) is 4.84. The van der Waals surface area contributed by atoms with E-state index in [0.29, 0.717) is 29.2 Å². The van der Waals surface area contributed by atoms with Crippen molar-refractivity contribution in [3.63, 3.8) is 0 Å². The van der Waals surface area contributed by atoms with E-state index in [1.165, 1.54) is 32.1 Å². The molecule has 20 heavy (non-hydrogen) atoms. The zero-order valence-corrected chi connectivity index (χ0v) is 13.0. The fraction of sp³-hybridized carbons (Fsp3) is 0.750. The highest BCUT2D eigenvalue weighted by Crippen LogP contribution is 2.29. The summed E-state index contributed by atoms with van der Waals surface area (Å²) in [5.41, 5.74) is 0.672. The predicted molar refractivity (Wildman–Crippen MR) is 78.6 cm³/mol. The summed E-state index contributed by atoms with van der Waals surface area (Å²) in [7, 11) is 0. The number of carbonyl (C=O) groups is 1. The van der Waals surface area contributed by atoms with Gasteiger partial charge in [0.25, 0.3) is 5.91 Å². The predicted octanol–water partition coefficient (Wildman–Crippen LogP) is 3.63. The van der Waals surface area contributed by atoms with Crippen molar-refractivity contribution in [3.8, 4) is 0 Å². The minimum Gasteiger partial charge on any atom is -0.436 e. The van der Waals surface area contributed by atoms with E-state index in [-0.39, 0.29) is 11.9 Å². The van der Waals surface area contributed by atoms with Crippen molar-refractivity contribution in [2.45, 2.75) is 65.8 Å². The van der Waals surface area contributed by atoms with Gasteiger partial charge < -0.3 is 9.73 Å². The van der Waals surface area contributed by atoms with Gasteiger partial charge in [0.15, 0.2) is 5.89 Å². The fourth-order valence-electron chi connectivity index (χ4n) is 3.28. The highest BCUT2D eigenvalue weighted by atomic mass is 16.4. The van der Waals surface area contributed by atoms with Gasteiger partial charge in [-0.25, -0.2) is 4.98 Å². The van der Waals surface area contributed by atoms with E-state index in [1.807, 2.05) is 6.92 Å². The Morgan fingerprint density at radius 1 is 1.25 bits per heavy atom. The number of hydrogen-bond acceptors (Lipinski definition) is 3. The van der Waals surface area contributed by atoms with E-state index in [4.69, 9.17) is 4.42 Å². The molecule has 1 aliphatic carbocycles. The maximum absolute atomic E-state index is 12.4. The van der Waals surface area contributed by atoms with Crippen LogP contribution in [0.1, 0.15) is 68.1 Å². The van der Waals surface area contributed by atoms with Crippen LogP contribution in [0.15, 0.2) is 4.42 Å². The summed E-state index contributed by atoms with van der Waals surface area (Å²) >= 11 is 0. The summed E-state index contributed by atoms with van der Waals surface area (Å²) in [6.45, 7) is 7.94. The molecule has 1 N–H and O–H groups in total. The van der Waals surface area contributed by atoms with Gasteiger partial charge in [0.05, 0.1) is 5.69 Å². The molecule has 1 fully saturated rings. The van der Waals surface area contributed by atoms with Gasteiger partial charge in [-0.1, -0.05) is 33.1 Å². The zero-order valence-electron chi connectivity index (χ0n) is 13.0. The molecule has 1 aliphatic rings. The smallest absolute Gasteiger partial charge is 0.289 e. The zero-order chi connectivity index (χ0) is 14.7. The van der Waals surface area contributed by atoms with Crippen molar-refractivity contribution in [1.29, 1.82) is 0 Å². The van der Waals surface area contributed by atoms with Gasteiger partial charge in [-0.2, -0.15) is 0 Å². The lowest BCUT2D eigenvalue weighted by Crippen LogP contribution is -2.44. The number of aromatic nitrogens is 1. The second-order valence-electron chi connectivity index (χ2n) is 6.29. The number of carbonyl (C=O) groups excluding carboxylic acids is 1. The average molecular weight is 278 g/mol. The normalized spacial score (nSPS) is 18.2. The first kappa shape index (κ1) is 15.1. The third-order valence-corrected chi connectivity index (χ3v) is 4.28. The molecule has 0 radical (unpaired) electrons. The second kappa shape index (κ2) is 6.42. The number of amides is 1. The Balaban J connectivity index is 2.07. The van der Waals surface area contributed by atoms with Crippen molar-refractivity contribution in [1.82, 2.24) is 10.3 Å². The Morgan fingerprint density at radius 2 is 1.90 bits per heavy atom. The summed E-state index contributed by atoms with van der Waals surface area (Å²) in [6.07, 6.45) is 6.33. The molecule has 4 heteroatoms. The lowest BCUT2D eigenvalue weighted by molar-refractivity contribution is 0.0860. The van der Waals surface area contributed by atoms with E-state index < -0.39 is 0 Å². The van der Waals surface area contributed by atoms with E-state index in [9.17, 15) is 4.79 Å². The van der Waals surface area contributed by atoms with Gasteiger partial charge in [0.2, 0.25) is 5.76 Å². The van der Waals surface area contributed by atoms with Gasteiger partial charge in [0.1, 0.15) is 0 Å². The van der Waals surface area contributed by atoms with Crippen molar-refractivity contribution in [2.75, 3.05) is 0 Å². The fourth-order valence-corrected chi connectivity index (χ4v) is 3.28. The molecule has 1 heterocycles. The van der Waals surface area contributed by atoms with E-state index in [1.54, 1.807) is 6.92 Å². The lowest BCUT2D eigenvalue weighted by atomic mass is 9.79. The summed E-state index contributed by atoms with van der Waals surface area (Å²) in [6, 6.07) is 0.229. The number of oxazole rings is 1. The minimum atomic E-state index is -0.118. The van der Waals surface area contributed by atoms with Gasteiger partial charge in [-0.15, -0.1) is 0 Å². The van der Waals surface area contributed by atoms with Crippen molar-refractivity contribution in [2.24, 2.45) is 11.8 Å². The average Bonchev–Trinajstić information content (AvgIpc) is 2.75. The maximum Gasteiger partial charge on any atom is 0.289 e. The number of rotatable bonds is 4. The van der Waals surface area contributed by atoms with Crippen LogP contribution in [0.4, 0.5) is 0 Å². The number of nitrogens with one attached hydrogen (secondary N) is 1. The van der Waals surface area contributed by atoms with Crippen molar-refractivity contribution >= 4 is 5.91 Å². The van der Waals surface area contributed by atoms with Crippen LogP contribution in [0.3, 0.4) is 0 Å². The molecule has 4 nitrogen and oxygen atoms in total. The monoisotopic (exact) mass is 278 g/mol. The van der Waals surface area contributed by atoms with Crippen LogP contribution >= 0.6 is 0 Å². The molecule has 1 aromatic rings. The van der Waals surface area contributed by atoms with Crippen molar-refractivity contribution in [3.05, 3.63) is 17.3 Å². The van der Waals surface area contributed by atoms with Crippen LogP contribution in [-0.2, 0) is 0 Å². The summed E-state index contributed by atoms with van der Waals surface area (Å²) in [4.78, 5) is 16.6. The largest absolute Gasteiger partial charge is 0.436 e. The van der Waals surface area contributed by atoms with Gasteiger partial charge in [-0.3, -0.25) is 4.79 Å².